The summed E-state index contributed by atoms with van der Waals surface area (Å²) in [6, 6.07) is 25.8. The number of hydrogen-bond acceptors (Lipinski definition) is 3. The average Bonchev–Trinajstić information content (AvgIpc) is 2.70. The minimum atomic E-state index is -3.61. The number of nitrogens with one attached hydrogen (secondary N) is 2. The maximum Gasteiger partial charge on any atom is 0.240 e. The van der Waals surface area contributed by atoms with Crippen LogP contribution in [0.25, 0.3) is 0 Å². The Balaban J connectivity index is 1.72. The van der Waals surface area contributed by atoms with E-state index in [1.165, 1.54) is 12.1 Å². The molecule has 0 heterocycles. The first-order chi connectivity index (χ1) is 13.0. The van der Waals surface area contributed by atoms with Gasteiger partial charge in [-0.25, -0.2) is 13.1 Å². The Hall–Kier alpha value is -2.18. The fraction of sp³-hybridized carbons (Fsp3) is 0.143. The van der Waals surface area contributed by atoms with Gasteiger partial charge in [-0.15, -0.1) is 0 Å². The third-order valence-corrected chi connectivity index (χ3v) is 5.89. The molecule has 0 aliphatic heterocycles. The van der Waals surface area contributed by atoms with E-state index in [-0.39, 0.29) is 17.5 Å². The highest BCUT2D eigenvalue weighted by Crippen LogP contribution is 2.16. The zero-order valence-electron chi connectivity index (χ0n) is 14.7. The molecule has 0 aliphatic rings. The molecule has 0 fully saturated rings. The molecule has 0 saturated carbocycles. The van der Waals surface area contributed by atoms with Gasteiger partial charge in [-0.05, 0) is 35.4 Å². The van der Waals surface area contributed by atoms with E-state index >= 15 is 0 Å². The molecule has 4 nitrogen and oxygen atoms in total. The fourth-order valence-electron chi connectivity index (χ4n) is 2.72. The first-order valence-corrected chi connectivity index (χ1v) is 10.5. The van der Waals surface area contributed by atoms with Crippen molar-refractivity contribution in [3.63, 3.8) is 0 Å². The molecule has 3 aromatic carbocycles. The average molecular weight is 401 g/mol. The van der Waals surface area contributed by atoms with Crippen molar-refractivity contribution >= 4 is 21.6 Å². The molecular weight excluding hydrogens is 380 g/mol. The van der Waals surface area contributed by atoms with Crippen LogP contribution in [-0.2, 0) is 16.6 Å². The first kappa shape index (κ1) is 19.6. The molecule has 140 valence electrons. The van der Waals surface area contributed by atoms with Gasteiger partial charge in [0.1, 0.15) is 0 Å². The molecular formula is C21H21ClN2O2S. The van der Waals surface area contributed by atoms with Crippen LogP contribution in [0.3, 0.4) is 0 Å². The first-order valence-electron chi connectivity index (χ1n) is 8.62. The van der Waals surface area contributed by atoms with Crippen molar-refractivity contribution in [2.75, 3.05) is 6.54 Å². The Morgan fingerprint density at radius 1 is 0.815 bits per heavy atom. The zero-order valence-corrected chi connectivity index (χ0v) is 16.2. The van der Waals surface area contributed by atoms with Gasteiger partial charge >= 0.3 is 0 Å². The number of rotatable bonds is 8. The highest BCUT2D eigenvalue weighted by molar-refractivity contribution is 7.89. The van der Waals surface area contributed by atoms with Gasteiger partial charge in [-0.2, -0.15) is 0 Å². The van der Waals surface area contributed by atoms with Crippen LogP contribution in [0.1, 0.15) is 17.2 Å². The van der Waals surface area contributed by atoms with Crippen LogP contribution in [0.15, 0.2) is 89.8 Å². The molecule has 3 rings (SSSR count). The van der Waals surface area contributed by atoms with Gasteiger partial charge in [0.05, 0.1) is 4.90 Å². The van der Waals surface area contributed by atoms with Crippen molar-refractivity contribution in [1.82, 2.24) is 10.0 Å². The van der Waals surface area contributed by atoms with Gasteiger partial charge in [-0.1, -0.05) is 72.3 Å². The van der Waals surface area contributed by atoms with Crippen LogP contribution in [0.5, 0.6) is 0 Å². The van der Waals surface area contributed by atoms with Crippen LogP contribution < -0.4 is 10.0 Å². The number of halogens is 1. The highest BCUT2D eigenvalue weighted by atomic mass is 35.5. The van der Waals surface area contributed by atoms with Crippen molar-refractivity contribution in [3.8, 4) is 0 Å². The molecule has 1 unspecified atom stereocenters. The fourth-order valence-corrected chi connectivity index (χ4v) is 3.89. The van der Waals surface area contributed by atoms with E-state index in [0.29, 0.717) is 11.6 Å². The maximum atomic E-state index is 12.6. The molecule has 27 heavy (non-hydrogen) atoms. The Morgan fingerprint density at radius 3 is 2.04 bits per heavy atom. The molecule has 2 N–H and O–H groups in total. The van der Waals surface area contributed by atoms with E-state index in [1.54, 1.807) is 12.1 Å². The van der Waals surface area contributed by atoms with Crippen LogP contribution in [0.4, 0.5) is 0 Å². The molecule has 6 heteroatoms. The lowest BCUT2D eigenvalue weighted by atomic mass is 10.1. The summed E-state index contributed by atoms with van der Waals surface area (Å²) in [5.74, 6) is 0. The van der Waals surface area contributed by atoms with Gasteiger partial charge in [0.2, 0.25) is 10.0 Å². The molecule has 1 atom stereocenters. The predicted molar refractivity (Wildman–Crippen MR) is 109 cm³/mol. The maximum absolute atomic E-state index is 12.6. The second kappa shape index (κ2) is 9.15. The van der Waals surface area contributed by atoms with E-state index in [0.717, 1.165) is 11.1 Å². The molecule has 3 aromatic rings. The number of hydrogen-bond donors (Lipinski definition) is 2. The van der Waals surface area contributed by atoms with Gasteiger partial charge in [0, 0.05) is 24.2 Å². The van der Waals surface area contributed by atoms with Crippen molar-refractivity contribution in [2.45, 2.75) is 17.5 Å². The van der Waals surface area contributed by atoms with E-state index in [2.05, 4.69) is 10.0 Å². The summed E-state index contributed by atoms with van der Waals surface area (Å²) in [7, 11) is -3.61. The topological polar surface area (TPSA) is 58.2 Å². The third-order valence-electron chi connectivity index (χ3n) is 4.20. The van der Waals surface area contributed by atoms with E-state index < -0.39 is 10.0 Å². The predicted octanol–water partition coefficient (Wildman–Crippen LogP) is 4.15. The Bertz CT molecular complexity index is 946. The van der Waals surface area contributed by atoms with Gasteiger partial charge in [0.15, 0.2) is 0 Å². The normalized spacial score (nSPS) is 12.6. The molecule has 0 spiro atoms. The molecule has 0 aromatic heterocycles. The SMILES string of the molecule is O=S(=O)(NCC(NCc1ccccc1)c1ccccc1)c1ccc(Cl)cc1. The third kappa shape index (κ3) is 5.65. The lowest BCUT2D eigenvalue weighted by Crippen LogP contribution is -2.34. The summed E-state index contributed by atoms with van der Waals surface area (Å²) in [5.41, 5.74) is 2.16. The molecule has 0 amide bonds. The molecule has 0 bridgehead atoms. The minimum Gasteiger partial charge on any atom is -0.305 e. The van der Waals surface area contributed by atoms with Crippen LogP contribution >= 0.6 is 11.6 Å². The van der Waals surface area contributed by atoms with Crippen LogP contribution in [0, 0.1) is 0 Å². The van der Waals surface area contributed by atoms with Gasteiger partial charge in [-0.3, -0.25) is 0 Å². The second-order valence-corrected chi connectivity index (χ2v) is 8.34. The standard InChI is InChI=1S/C21H21ClN2O2S/c22-19-11-13-20(14-12-19)27(25,26)24-16-21(18-9-5-2-6-10-18)23-15-17-7-3-1-4-8-17/h1-14,21,23-24H,15-16H2. The summed E-state index contributed by atoms with van der Waals surface area (Å²) in [6.07, 6.45) is 0. The Kier molecular flexibility index (Phi) is 6.63. The summed E-state index contributed by atoms with van der Waals surface area (Å²) in [6.45, 7) is 0.880. The monoisotopic (exact) mass is 400 g/mol. The molecule has 0 radical (unpaired) electrons. The van der Waals surface area contributed by atoms with Crippen molar-refractivity contribution in [3.05, 3.63) is 101 Å². The van der Waals surface area contributed by atoms with Crippen molar-refractivity contribution in [2.24, 2.45) is 0 Å². The zero-order chi connectivity index (χ0) is 19.1. The van der Waals surface area contributed by atoms with E-state index in [4.69, 9.17) is 11.6 Å². The van der Waals surface area contributed by atoms with Crippen molar-refractivity contribution < 1.29 is 8.42 Å². The quantitative estimate of drug-likeness (QED) is 0.597. The van der Waals surface area contributed by atoms with E-state index in [1.807, 2.05) is 60.7 Å². The van der Waals surface area contributed by atoms with Crippen LogP contribution in [0.2, 0.25) is 5.02 Å². The number of sulfonamides is 1. The molecule has 0 saturated heterocycles. The Labute approximate surface area is 165 Å². The van der Waals surface area contributed by atoms with Crippen LogP contribution in [-0.4, -0.2) is 15.0 Å². The lowest BCUT2D eigenvalue weighted by molar-refractivity contribution is 0.513. The summed E-state index contributed by atoms with van der Waals surface area (Å²) >= 11 is 5.84. The highest BCUT2D eigenvalue weighted by Gasteiger charge is 2.18. The summed E-state index contributed by atoms with van der Waals surface area (Å²) in [5, 5.41) is 3.94. The lowest BCUT2D eigenvalue weighted by Gasteiger charge is -2.20. The van der Waals surface area contributed by atoms with Gasteiger partial charge in [0.25, 0.3) is 0 Å². The van der Waals surface area contributed by atoms with E-state index in [9.17, 15) is 8.42 Å². The largest absolute Gasteiger partial charge is 0.305 e. The van der Waals surface area contributed by atoms with Gasteiger partial charge < -0.3 is 5.32 Å². The summed E-state index contributed by atoms with van der Waals surface area (Å²) in [4.78, 5) is 0.196. The summed E-state index contributed by atoms with van der Waals surface area (Å²) < 4.78 is 27.8. The second-order valence-electron chi connectivity index (χ2n) is 6.14. The minimum absolute atomic E-state index is 0.159. The smallest absolute Gasteiger partial charge is 0.240 e. The molecule has 0 aliphatic carbocycles. The van der Waals surface area contributed by atoms with Crippen molar-refractivity contribution in [1.29, 1.82) is 0 Å². The number of benzene rings is 3. The Morgan fingerprint density at radius 2 is 1.41 bits per heavy atom.